The first-order valence-corrected chi connectivity index (χ1v) is 28.7. The summed E-state index contributed by atoms with van der Waals surface area (Å²) in [6, 6.07) is 15.0. The van der Waals surface area contributed by atoms with E-state index in [1.807, 2.05) is 0 Å². The molecule has 7 amide bonds. The molecule has 89 heavy (non-hydrogen) atoms. The topological polar surface area (TPSA) is 382 Å². The number of methoxy groups -OCH3 is 1. The monoisotopic (exact) mass is 1230 g/mol. The van der Waals surface area contributed by atoms with Crippen molar-refractivity contribution in [1.82, 2.24) is 31.5 Å². The molecule has 4 aromatic carbocycles. The number of benzene rings is 4. The summed E-state index contributed by atoms with van der Waals surface area (Å²) in [5.41, 5.74) is -2.80. The quantitative estimate of drug-likeness (QED) is 0.0228. The average Bonchev–Trinajstić information content (AvgIpc) is 1.10. The van der Waals surface area contributed by atoms with Crippen LogP contribution < -0.4 is 36.6 Å². The Morgan fingerprint density at radius 2 is 1.55 bits per heavy atom. The van der Waals surface area contributed by atoms with Gasteiger partial charge in [-0.05, 0) is 62.4 Å². The molecule has 4 aromatic rings. The fourth-order valence-electron chi connectivity index (χ4n) is 11.1. The predicted octanol–water partition coefficient (Wildman–Crippen LogP) is 2.55. The molecule has 4 aliphatic rings. The number of carbonyl (C=O) groups excluding carboxylic acids is 10. The Hall–Kier alpha value is -9.28. The minimum absolute atomic E-state index is 0.000533. The summed E-state index contributed by atoms with van der Waals surface area (Å²) in [7, 11) is 1.29. The number of rotatable bonds is 25. The van der Waals surface area contributed by atoms with E-state index in [0.29, 0.717) is 29.7 Å². The zero-order valence-corrected chi connectivity index (χ0v) is 49.3. The molecule has 27 nitrogen and oxygen atoms in total. The first-order valence-electron chi connectivity index (χ1n) is 28.7. The summed E-state index contributed by atoms with van der Waals surface area (Å²) in [6.45, 7) is 6.01. The molecule has 0 bridgehead atoms. The number of nitrogens with zero attached hydrogens (tertiary/aromatic N) is 1. The zero-order chi connectivity index (χ0) is 64.3. The SMILES string of the molecule is C=CCOC(=O)NCCCC[C@H](NC(=O)[C@H](Cc1ccccc1)NC(=O)[C@@H](C)NC(=O)CNC(C)=O)C(=O)Nc1ccc(COC(=O)N2CO[C@@H]3[C@H](C)O[C@@H](O[C@H]4C[C@](O)(C(=O)CO)Cc5c(O)c6c(c(O)c54)C(=O)c4c(OC)cccc4C6=O)C[C@@H]32)cc1. The molecule has 0 aromatic heterocycles. The maximum Gasteiger partial charge on any atom is 0.412 e. The lowest BCUT2D eigenvalue weighted by atomic mass is 9.72. The lowest BCUT2D eigenvalue weighted by molar-refractivity contribution is -0.246. The molecule has 474 valence electrons. The molecule has 27 heteroatoms. The maximum atomic E-state index is 14.2. The third kappa shape index (κ3) is 15.4. The van der Waals surface area contributed by atoms with E-state index in [1.54, 1.807) is 61.5 Å². The van der Waals surface area contributed by atoms with Gasteiger partial charge in [0, 0.05) is 61.5 Å². The van der Waals surface area contributed by atoms with Crippen molar-refractivity contribution in [2.75, 3.05) is 45.5 Å². The third-order valence-electron chi connectivity index (χ3n) is 15.7. The minimum atomic E-state index is -2.40. The van der Waals surface area contributed by atoms with Gasteiger partial charge in [0.2, 0.25) is 35.3 Å². The van der Waals surface area contributed by atoms with E-state index < -0.39 is 156 Å². The van der Waals surface area contributed by atoms with Gasteiger partial charge in [-0.3, -0.25) is 43.3 Å². The lowest BCUT2D eigenvalue weighted by Gasteiger charge is -2.42. The highest BCUT2D eigenvalue weighted by molar-refractivity contribution is 6.31. The van der Waals surface area contributed by atoms with Crippen LogP contribution in [0.15, 0.2) is 85.5 Å². The Morgan fingerprint density at radius 1 is 0.831 bits per heavy atom. The highest BCUT2D eigenvalue weighted by Gasteiger charge is 2.52. The maximum absolute atomic E-state index is 14.2. The number of aliphatic hydroxyl groups is 2. The number of ketones is 3. The fraction of sp³-hybridized carbons (Fsp3) is 0.419. The van der Waals surface area contributed by atoms with E-state index in [1.165, 1.54) is 50.1 Å². The average molecular weight is 1230 g/mol. The highest BCUT2D eigenvalue weighted by atomic mass is 16.7. The normalized spacial score (nSPS) is 20.7. The number of carbonyl (C=O) groups is 10. The second kappa shape index (κ2) is 29.1. The van der Waals surface area contributed by atoms with E-state index >= 15 is 0 Å². The third-order valence-corrected chi connectivity index (χ3v) is 15.7. The van der Waals surface area contributed by atoms with Crippen molar-refractivity contribution in [3.8, 4) is 17.2 Å². The molecule has 2 fully saturated rings. The van der Waals surface area contributed by atoms with Crippen LogP contribution in [0.3, 0.4) is 0 Å². The zero-order valence-electron chi connectivity index (χ0n) is 49.3. The van der Waals surface area contributed by atoms with Crippen LogP contribution in [0.25, 0.3) is 0 Å². The number of hydrogen-bond acceptors (Lipinski definition) is 20. The molecule has 0 spiro atoms. The minimum Gasteiger partial charge on any atom is -0.507 e. The molecule has 0 radical (unpaired) electrons. The van der Waals surface area contributed by atoms with Crippen LogP contribution in [-0.4, -0.2) is 173 Å². The van der Waals surface area contributed by atoms with Gasteiger partial charge in [0.05, 0.1) is 48.6 Å². The first kappa shape index (κ1) is 65.7. The van der Waals surface area contributed by atoms with Crippen LogP contribution in [0.5, 0.6) is 17.2 Å². The number of unbranched alkanes of at least 4 members (excludes halogenated alkanes) is 1. The summed E-state index contributed by atoms with van der Waals surface area (Å²) >= 11 is 0. The van der Waals surface area contributed by atoms with Gasteiger partial charge < -0.3 is 80.7 Å². The fourth-order valence-corrected chi connectivity index (χ4v) is 11.1. The van der Waals surface area contributed by atoms with E-state index in [9.17, 15) is 68.4 Å². The molecule has 2 aliphatic heterocycles. The van der Waals surface area contributed by atoms with Crippen LogP contribution >= 0.6 is 0 Å². The van der Waals surface area contributed by atoms with Crippen molar-refractivity contribution in [2.45, 2.75) is 127 Å². The lowest BCUT2D eigenvalue weighted by Crippen LogP contribution is -2.56. The molecule has 8 rings (SSSR count). The molecule has 0 saturated carbocycles. The molecule has 2 heterocycles. The van der Waals surface area contributed by atoms with Gasteiger partial charge >= 0.3 is 12.2 Å². The van der Waals surface area contributed by atoms with E-state index in [-0.39, 0.29) is 80.3 Å². The van der Waals surface area contributed by atoms with Gasteiger partial charge in [-0.25, -0.2) is 9.59 Å². The van der Waals surface area contributed by atoms with Crippen LogP contribution in [0.4, 0.5) is 15.3 Å². The molecule has 10 N–H and O–H groups in total. The second-order valence-electron chi connectivity index (χ2n) is 21.9. The summed E-state index contributed by atoms with van der Waals surface area (Å²) < 4.78 is 34.7. The first-order chi connectivity index (χ1) is 42.5. The predicted molar refractivity (Wildman–Crippen MR) is 312 cm³/mol. The number of alkyl carbamates (subject to hydrolysis) is 1. The number of amides is 7. The Kier molecular flexibility index (Phi) is 21.5. The van der Waals surface area contributed by atoms with Crippen LogP contribution in [0.1, 0.15) is 113 Å². The van der Waals surface area contributed by atoms with Gasteiger partial charge in [0.1, 0.15) is 73.6 Å². The smallest absolute Gasteiger partial charge is 0.412 e. The van der Waals surface area contributed by atoms with Gasteiger partial charge in [-0.1, -0.05) is 67.3 Å². The summed E-state index contributed by atoms with van der Waals surface area (Å²) in [4.78, 5) is 134. The van der Waals surface area contributed by atoms with Crippen molar-refractivity contribution in [2.24, 2.45) is 0 Å². The van der Waals surface area contributed by atoms with Gasteiger partial charge in [-0.2, -0.15) is 0 Å². The largest absolute Gasteiger partial charge is 0.507 e. The molecule has 9 atom stereocenters. The number of phenolic OH excluding ortho intramolecular Hbond substituents is 2. The number of nitrogens with one attached hydrogen (secondary N) is 6. The van der Waals surface area contributed by atoms with E-state index in [2.05, 4.69) is 38.5 Å². The Bertz CT molecular complexity index is 3380. The molecule has 2 aliphatic carbocycles. The van der Waals surface area contributed by atoms with Crippen molar-refractivity contribution < 1.29 is 96.8 Å². The number of fused-ring (bicyclic) bond motifs is 4. The number of aliphatic hydroxyl groups excluding tert-OH is 1. The van der Waals surface area contributed by atoms with Crippen LogP contribution in [-0.2, 0) is 71.9 Å². The number of phenols is 2. The van der Waals surface area contributed by atoms with E-state index in [4.69, 9.17) is 28.4 Å². The highest BCUT2D eigenvalue weighted by Crippen LogP contribution is 2.53. The number of hydrogen-bond donors (Lipinski definition) is 10. The second-order valence-corrected chi connectivity index (χ2v) is 21.9. The van der Waals surface area contributed by atoms with Crippen LogP contribution in [0, 0.1) is 0 Å². The Morgan fingerprint density at radius 3 is 2.25 bits per heavy atom. The summed E-state index contributed by atoms with van der Waals surface area (Å²) in [5, 5.41) is 61.2. The molecule has 2 saturated heterocycles. The number of Topliss-reactive ketones (excluding diaryl/α,β-unsaturated/α-hetero) is 1. The standard InChI is InChI=1S/C62H71N7O20/c1-6-23-85-60(81)63-22-11-10-16-40(67-59(80)41(24-35-13-8-7-9-14-35)68-57(78)32(2)65-46(73)28-64-34(4)71)58(79)66-37-20-18-36(19-21-37)30-86-61(82)69-31-87-56-33(3)88-47(25-42(56)69)89-44-27-62(83,45(72)29-70)26-39-49(44)55(77)51-50(53(39)75)52(74)38-15-12-17-43(84-5)48(38)54(51)76/h6-9,12-15,17-21,32-33,40-42,44,47,56,70,75,77,83H,1,10-11,16,22-31H2,2-5H3,(H,63,81)(H,64,71)(H,65,73)(H,66,79)(H,67,80)(H,68,78)/t32-,33+,40+,41+,42+,44+,47+,56-,62+/m1/s1. The number of ether oxygens (including phenoxy) is 6. The van der Waals surface area contributed by atoms with Crippen molar-refractivity contribution in [3.63, 3.8) is 0 Å². The Balaban J connectivity index is 0.929. The number of aromatic hydroxyl groups is 2. The molecular weight excluding hydrogens is 1160 g/mol. The molecular formula is C62H71N7O20. The van der Waals surface area contributed by atoms with Crippen molar-refractivity contribution >= 4 is 64.8 Å². The van der Waals surface area contributed by atoms with E-state index in [0.717, 1.165) is 0 Å². The van der Waals surface area contributed by atoms with Crippen molar-refractivity contribution in [3.05, 3.63) is 130 Å². The van der Waals surface area contributed by atoms with Crippen LogP contribution in [0.2, 0.25) is 0 Å². The number of anilines is 1. The van der Waals surface area contributed by atoms with Crippen molar-refractivity contribution in [1.29, 1.82) is 0 Å². The Labute approximate surface area is 510 Å². The van der Waals surface area contributed by atoms with Gasteiger partial charge in [0.15, 0.2) is 17.9 Å². The van der Waals surface area contributed by atoms with Gasteiger partial charge in [0.25, 0.3) is 0 Å². The van der Waals surface area contributed by atoms with Gasteiger partial charge in [-0.15, -0.1) is 0 Å². The molecule has 0 unspecified atom stereocenters. The summed E-state index contributed by atoms with van der Waals surface area (Å²) in [5.74, 6) is -7.40. The summed E-state index contributed by atoms with van der Waals surface area (Å²) in [6.07, 6.45) is -4.88.